The highest BCUT2D eigenvalue weighted by Gasteiger charge is 2.46. The van der Waals surface area contributed by atoms with Crippen LogP contribution in [0.4, 0.5) is 28.2 Å². The zero-order chi connectivity index (χ0) is 36.2. The minimum absolute atomic E-state index is 0.163. The molecular formula is C36H38F4N6O4. The van der Waals surface area contributed by atoms with E-state index in [-0.39, 0.29) is 25.2 Å². The third-order valence-corrected chi connectivity index (χ3v) is 7.95. The van der Waals surface area contributed by atoms with Gasteiger partial charge in [-0.25, -0.2) is 13.9 Å². The molecule has 0 bridgehead atoms. The van der Waals surface area contributed by atoms with E-state index in [1.807, 2.05) is 30.3 Å². The molecule has 0 fully saturated rings. The van der Waals surface area contributed by atoms with Gasteiger partial charge in [-0.15, -0.1) is 0 Å². The Balaban J connectivity index is 1.56. The third-order valence-electron chi connectivity index (χ3n) is 7.95. The van der Waals surface area contributed by atoms with Crippen LogP contribution in [0.25, 0.3) is 5.69 Å². The summed E-state index contributed by atoms with van der Waals surface area (Å²) in [6.45, 7) is 7.91. The Kier molecular flexibility index (Phi) is 10.6. The quantitative estimate of drug-likeness (QED) is 0.140. The fraction of sp³-hybridized carbons (Fsp3) is 0.333. The summed E-state index contributed by atoms with van der Waals surface area (Å²) in [6, 6.07) is 17.2. The van der Waals surface area contributed by atoms with Crippen molar-refractivity contribution in [1.29, 1.82) is 0 Å². The Morgan fingerprint density at radius 1 is 0.940 bits per heavy atom. The maximum Gasteiger partial charge on any atom is 0.416 e. The summed E-state index contributed by atoms with van der Waals surface area (Å²) < 4.78 is 61.6. The minimum Gasteiger partial charge on any atom is -0.444 e. The van der Waals surface area contributed by atoms with Crippen LogP contribution in [-0.2, 0) is 22.3 Å². The van der Waals surface area contributed by atoms with Gasteiger partial charge in [-0.2, -0.15) is 18.3 Å². The number of rotatable bonds is 10. The van der Waals surface area contributed by atoms with Gasteiger partial charge < -0.3 is 20.7 Å². The SMILES string of the molecule is CCN1C(=O)[C@@H](NC(=O)c2cccc(C(F)(F)F)c2)C(c2ccc(F)cc2)c2c(CNCCNC(=O)OC(C)(C)C)nn(-c3ccccc3)c21. The second-order valence-electron chi connectivity index (χ2n) is 12.7. The van der Waals surface area contributed by atoms with Crippen LogP contribution in [0.1, 0.15) is 66.4 Å². The van der Waals surface area contributed by atoms with Gasteiger partial charge in [0.1, 0.15) is 23.3 Å². The summed E-state index contributed by atoms with van der Waals surface area (Å²) in [5.41, 5.74) is 0.239. The first kappa shape index (κ1) is 36.1. The molecule has 5 rings (SSSR count). The Morgan fingerprint density at radius 2 is 1.64 bits per heavy atom. The van der Waals surface area contributed by atoms with Gasteiger partial charge in [-0.05, 0) is 75.7 Å². The van der Waals surface area contributed by atoms with Crippen molar-refractivity contribution < 1.29 is 36.7 Å². The smallest absolute Gasteiger partial charge is 0.416 e. The summed E-state index contributed by atoms with van der Waals surface area (Å²) >= 11 is 0. The number of para-hydroxylation sites is 1. The molecule has 264 valence electrons. The fourth-order valence-electron chi connectivity index (χ4n) is 5.82. The molecule has 0 saturated heterocycles. The Hall–Kier alpha value is -5.24. The van der Waals surface area contributed by atoms with Crippen molar-refractivity contribution in [2.24, 2.45) is 0 Å². The lowest BCUT2D eigenvalue weighted by Gasteiger charge is -2.38. The number of nitrogens with one attached hydrogen (secondary N) is 3. The molecule has 4 aromatic rings. The number of alkyl carbamates (subject to hydrolysis) is 1. The number of benzene rings is 3. The topological polar surface area (TPSA) is 118 Å². The van der Waals surface area contributed by atoms with Crippen LogP contribution in [-0.4, -0.2) is 59.0 Å². The number of amides is 3. The van der Waals surface area contributed by atoms with Crippen molar-refractivity contribution in [3.05, 3.63) is 113 Å². The van der Waals surface area contributed by atoms with Crippen LogP contribution >= 0.6 is 0 Å². The highest BCUT2D eigenvalue weighted by Crippen LogP contribution is 2.43. The first-order valence-corrected chi connectivity index (χ1v) is 16.1. The standard InChI is InChI=1S/C36H38F4N6O4/c1-5-45-32-29(27(44-46(32)26-12-7-6-8-13-26)21-41-18-19-42-34(49)50-35(2,3)4)28(22-14-16-25(37)17-15-22)30(33(45)48)43-31(47)23-10-9-11-24(20-23)36(38,39)40/h6-17,20,28,30,41H,5,18-19,21H2,1-4H3,(H,42,49)(H,43,47)/t28?,30-/m0/s1. The number of aromatic nitrogens is 2. The van der Waals surface area contributed by atoms with E-state index in [1.54, 1.807) is 32.4 Å². The lowest BCUT2D eigenvalue weighted by atomic mass is 9.80. The number of anilines is 1. The molecule has 2 heterocycles. The van der Waals surface area contributed by atoms with Crippen LogP contribution in [0.5, 0.6) is 0 Å². The maximum absolute atomic E-state index is 14.4. The molecule has 1 aliphatic rings. The Labute approximate surface area is 286 Å². The van der Waals surface area contributed by atoms with Crippen LogP contribution in [0.2, 0.25) is 0 Å². The van der Waals surface area contributed by atoms with E-state index < -0.39 is 53.0 Å². The molecule has 0 spiro atoms. The lowest BCUT2D eigenvalue weighted by molar-refractivity contribution is -0.137. The number of hydrogen-bond acceptors (Lipinski definition) is 6. The van der Waals surface area contributed by atoms with Crippen molar-refractivity contribution in [1.82, 2.24) is 25.7 Å². The monoisotopic (exact) mass is 694 g/mol. The molecule has 2 atom stereocenters. The molecule has 50 heavy (non-hydrogen) atoms. The van der Waals surface area contributed by atoms with Crippen molar-refractivity contribution >= 4 is 23.7 Å². The molecule has 0 saturated carbocycles. The van der Waals surface area contributed by atoms with Gasteiger partial charge in [0.15, 0.2) is 0 Å². The molecule has 3 N–H and O–H groups in total. The number of fused-ring (bicyclic) bond motifs is 1. The van der Waals surface area contributed by atoms with Crippen molar-refractivity contribution in [3.63, 3.8) is 0 Å². The number of carbonyl (C=O) groups excluding carboxylic acids is 3. The summed E-state index contributed by atoms with van der Waals surface area (Å²) in [7, 11) is 0. The van der Waals surface area contributed by atoms with E-state index in [2.05, 4.69) is 16.0 Å². The molecule has 1 unspecified atom stereocenters. The zero-order valence-electron chi connectivity index (χ0n) is 28.0. The molecule has 3 aromatic carbocycles. The highest BCUT2D eigenvalue weighted by molar-refractivity contribution is 6.05. The number of hydrogen-bond donors (Lipinski definition) is 3. The predicted molar refractivity (Wildman–Crippen MR) is 178 cm³/mol. The number of halogens is 4. The van der Waals surface area contributed by atoms with E-state index in [1.165, 1.54) is 35.2 Å². The van der Waals surface area contributed by atoms with Crippen LogP contribution in [0, 0.1) is 5.82 Å². The molecular weight excluding hydrogens is 656 g/mol. The van der Waals surface area contributed by atoms with E-state index in [4.69, 9.17) is 9.84 Å². The third kappa shape index (κ3) is 8.13. The first-order valence-electron chi connectivity index (χ1n) is 16.1. The largest absolute Gasteiger partial charge is 0.444 e. The summed E-state index contributed by atoms with van der Waals surface area (Å²) in [5.74, 6) is -2.40. The van der Waals surface area contributed by atoms with Gasteiger partial charge in [0.05, 0.1) is 16.9 Å². The highest BCUT2D eigenvalue weighted by atomic mass is 19.4. The normalized spacial score (nSPS) is 16.2. The predicted octanol–water partition coefficient (Wildman–Crippen LogP) is 5.94. The Bertz CT molecular complexity index is 1840. The molecule has 0 radical (unpaired) electrons. The second-order valence-corrected chi connectivity index (χ2v) is 12.7. The summed E-state index contributed by atoms with van der Waals surface area (Å²) in [6.07, 6.45) is -5.25. The van der Waals surface area contributed by atoms with Gasteiger partial charge >= 0.3 is 12.3 Å². The van der Waals surface area contributed by atoms with Crippen LogP contribution in [0.3, 0.4) is 0 Å². The zero-order valence-corrected chi connectivity index (χ0v) is 28.0. The Morgan fingerprint density at radius 3 is 2.28 bits per heavy atom. The van der Waals surface area contributed by atoms with Crippen molar-refractivity contribution in [3.8, 4) is 5.69 Å². The average molecular weight is 695 g/mol. The van der Waals surface area contributed by atoms with E-state index in [0.29, 0.717) is 34.9 Å². The number of likely N-dealkylation sites (N-methyl/N-ethyl adjacent to an activating group) is 1. The minimum atomic E-state index is -4.68. The van der Waals surface area contributed by atoms with Crippen LogP contribution in [0.15, 0.2) is 78.9 Å². The van der Waals surface area contributed by atoms with Gasteiger partial charge in [-0.3, -0.25) is 14.5 Å². The molecule has 14 heteroatoms. The molecule has 10 nitrogen and oxygen atoms in total. The first-order chi connectivity index (χ1) is 23.7. The fourth-order valence-corrected chi connectivity index (χ4v) is 5.82. The van der Waals surface area contributed by atoms with Gasteiger partial charge in [-0.1, -0.05) is 36.4 Å². The maximum atomic E-state index is 14.4. The molecule has 1 aromatic heterocycles. The second kappa shape index (κ2) is 14.7. The van der Waals surface area contributed by atoms with E-state index in [9.17, 15) is 31.9 Å². The number of nitrogens with zero attached hydrogens (tertiary/aromatic N) is 3. The van der Waals surface area contributed by atoms with E-state index >= 15 is 0 Å². The lowest BCUT2D eigenvalue weighted by Crippen LogP contribution is -2.55. The van der Waals surface area contributed by atoms with E-state index in [0.717, 1.165) is 18.2 Å². The number of carbonyl (C=O) groups is 3. The molecule has 0 aliphatic carbocycles. The summed E-state index contributed by atoms with van der Waals surface area (Å²) in [4.78, 5) is 41.6. The molecule has 3 amide bonds. The number of alkyl halides is 3. The molecule has 1 aliphatic heterocycles. The van der Waals surface area contributed by atoms with Gasteiger partial charge in [0.25, 0.3) is 11.8 Å². The van der Waals surface area contributed by atoms with Crippen molar-refractivity contribution in [2.45, 2.75) is 58.0 Å². The van der Waals surface area contributed by atoms with Crippen LogP contribution < -0.4 is 20.9 Å². The van der Waals surface area contributed by atoms with Crippen molar-refractivity contribution in [2.75, 3.05) is 24.5 Å². The van der Waals surface area contributed by atoms with Gasteiger partial charge in [0, 0.05) is 43.2 Å². The number of ether oxygens (including phenoxy) is 1. The average Bonchev–Trinajstić information content (AvgIpc) is 3.43. The summed E-state index contributed by atoms with van der Waals surface area (Å²) in [5, 5.41) is 13.6. The van der Waals surface area contributed by atoms with Gasteiger partial charge in [0.2, 0.25) is 0 Å².